The molecule has 2 heterocycles. The lowest BCUT2D eigenvalue weighted by atomic mass is 10.4. The summed E-state index contributed by atoms with van der Waals surface area (Å²) in [6, 6.07) is 1.53. The number of fused-ring (bicyclic) bond motifs is 1. The Labute approximate surface area is 91.9 Å². The van der Waals surface area contributed by atoms with Crippen LogP contribution in [0.25, 0.3) is 11.0 Å². The maximum Gasteiger partial charge on any atom is 0.366 e. The fourth-order valence-corrected chi connectivity index (χ4v) is 1.42. The average Bonchev–Trinajstić information content (AvgIpc) is 2.62. The second kappa shape index (κ2) is 3.55. The Bertz CT molecular complexity index is 499. The second-order valence-corrected chi connectivity index (χ2v) is 3.16. The van der Waals surface area contributed by atoms with E-state index in [1.54, 1.807) is 0 Å². The lowest BCUT2D eigenvalue weighted by molar-refractivity contribution is 0.0777. The molecule has 2 rings (SSSR count). The van der Waals surface area contributed by atoms with Gasteiger partial charge in [0.25, 0.3) is 0 Å². The summed E-state index contributed by atoms with van der Waals surface area (Å²) in [5, 5.41) is 0.877. The lowest BCUT2D eigenvalue weighted by Crippen LogP contribution is -1.96. The number of aromatic nitrogens is 3. The Balaban J connectivity index is 2.62. The molecule has 72 valence electrons. The van der Waals surface area contributed by atoms with Crippen LogP contribution in [0.4, 0.5) is 0 Å². The van der Waals surface area contributed by atoms with Crippen LogP contribution < -0.4 is 0 Å². The molecule has 0 atom stereocenters. The maximum atomic E-state index is 11.1. The fraction of sp³-hybridized carbons (Fsp3) is 0. The number of carbonyl (C=O) groups is 1. The van der Waals surface area contributed by atoms with E-state index < -0.39 is 5.97 Å². The number of aromatic amines is 1. The van der Waals surface area contributed by atoms with Gasteiger partial charge in [-0.2, -0.15) is 0 Å². The van der Waals surface area contributed by atoms with E-state index in [1.807, 2.05) is 0 Å². The van der Waals surface area contributed by atoms with Gasteiger partial charge >= 0.3 is 5.97 Å². The van der Waals surface area contributed by atoms with E-state index in [9.17, 15) is 4.79 Å². The molecular weight excluding hydrogens is 273 g/mol. The van der Waals surface area contributed by atoms with Gasteiger partial charge in [-0.3, -0.25) is 0 Å². The van der Waals surface area contributed by atoms with Crippen molar-refractivity contribution in [1.82, 2.24) is 15.0 Å². The summed E-state index contributed by atoms with van der Waals surface area (Å²) in [5.74, 6) is -0.543. The van der Waals surface area contributed by atoms with Gasteiger partial charge in [0.2, 0.25) is 0 Å². The van der Waals surface area contributed by atoms with Crippen LogP contribution in [-0.4, -0.2) is 20.9 Å². The third-order valence-corrected chi connectivity index (χ3v) is 2.26. The Kier molecular flexibility index (Phi) is 2.39. The summed E-state index contributed by atoms with van der Waals surface area (Å²) in [6.07, 6.45) is 1.31. The van der Waals surface area contributed by atoms with E-state index in [-0.39, 0.29) is 5.69 Å². The highest BCUT2D eigenvalue weighted by molar-refractivity contribution is 9.06. The van der Waals surface area contributed by atoms with Crippen LogP contribution in [0.3, 0.4) is 0 Å². The number of halogens is 2. The molecule has 0 amide bonds. The van der Waals surface area contributed by atoms with Crippen LogP contribution >= 0.6 is 27.9 Å². The number of hydrogen-bond donors (Lipinski definition) is 1. The molecule has 2 aromatic heterocycles. The smallest absolute Gasteiger partial charge is 0.366 e. The molecule has 0 fully saturated rings. The van der Waals surface area contributed by atoms with Gasteiger partial charge in [-0.1, -0.05) is 11.6 Å². The van der Waals surface area contributed by atoms with Gasteiger partial charge in [-0.05, 0) is 6.07 Å². The van der Waals surface area contributed by atoms with E-state index in [1.165, 1.54) is 12.4 Å². The largest absolute Gasteiger partial charge is 0.379 e. The molecule has 1 N–H and O–H groups in total. The molecule has 2 aromatic rings. The van der Waals surface area contributed by atoms with Crippen LogP contribution in [0.15, 0.2) is 12.4 Å². The zero-order valence-electron chi connectivity index (χ0n) is 6.62. The van der Waals surface area contributed by atoms with E-state index in [0.29, 0.717) is 16.2 Å². The van der Waals surface area contributed by atoms with Gasteiger partial charge in [-0.25, -0.2) is 14.8 Å². The summed E-state index contributed by atoms with van der Waals surface area (Å²) in [4.78, 5) is 21.5. The van der Waals surface area contributed by atoms with Gasteiger partial charge in [-0.15, -0.1) is 0 Å². The average molecular weight is 276 g/mol. The number of nitrogens with one attached hydrogen (secondary N) is 1. The third-order valence-electron chi connectivity index (χ3n) is 1.67. The first-order valence-corrected chi connectivity index (χ1v) is 4.57. The van der Waals surface area contributed by atoms with E-state index in [0.717, 1.165) is 0 Å². The first-order chi connectivity index (χ1) is 6.72. The minimum atomic E-state index is -0.543. The van der Waals surface area contributed by atoms with Gasteiger partial charge < -0.3 is 8.81 Å². The Morgan fingerprint density at radius 3 is 3.00 bits per heavy atom. The van der Waals surface area contributed by atoms with Crippen LogP contribution in [0.2, 0.25) is 5.15 Å². The van der Waals surface area contributed by atoms with Crippen molar-refractivity contribution in [3.8, 4) is 0 Å². The molecule has 0 radical (unpaired) electrons. The molecule has 0 unspecified atom stereocenters. The molecule has 5 nitrogen and oxygen atoms in total. The molecule has 0 aliphatic carbocycles. The van der Waals surface area contributed by atoms with Gasteiger partial charge in [0.15, 0.2) is 16.3 Å². The lowest BCUT2D eigenvalue weighted by Gasteiger charge is -1.88. The summed E-state index contributed by atoms with van der Waals surface area (Å²) in [5.41, 5.74) is 0.761. The Morgan fingerprint density at radius 2 is 2.36 bits per heavy atom. The predicted molar refractivity (Wildman–Crippen MR) is 53.2 cm³/mol. The SMILES string of the molecule is O=C(OBr)c1cc2c(Cl)ncnc2[nH]1. The molecule has 14 heavy (non-hydrogen) atoms. The molecule has 0 spiro atoms. The monoisotopic (exact) mass is 275 g/mol. The minimum Gasteiger partial charge on any atom is -0.379 e. The molecule has 0 saturated heterocycles. The first-order valence-electron chi connectivity index (χ1n) is 3.54. The number of H-pyrrole nitrogens is 1. The quantitative estimate of drug-likeness (QED) is 0.810. The molecule has 7 heteroatoms. The van der Waals surface area contributed by atoms with Crippen molar-refractivity contribution >= 4 is 44.9 Å². The number of carbonyl (C=O) groups excluding carboxylic acids is 1. The highest BCUT2D eigenvalue weighted by atomic mass is 79.9. The molecule has 0 aliphatic heterocycles. The highest BCUT2D eigenvalue weighted by Crippen LogP contribution is 2.20. The molecular formula is C7H3BrClN3O2. The van der Waals surface area contributed by atoms with E-state index in [2.05, 4.69) is 35.0 Å². The van der Waals surface area contributed by atoms with Crippen LogP contribution in [0.1, 0.15) is 10.5 Å². The van der Waals surface area contributed by atoms with Gasteiger partial charge in [0.1, 0.15) is 22.8 Å². The van der Waals surface area contributed by atoms with Gasteiger partial charge in [0, 0.05) is 0 Å². The van der Waals surface area contributed by atoms with Gasteiger partial charge in [0.05, 0.1) is 5.39 Å². The van der Waals surface area contributed by atoms with Crippen molar-refractivity contribution in [3.05, 3.63) is 23.2 Å². The molecule has 0 aromatic carbocycles. The molecule has 0 bridgehead atoms. The summed E-state index contributed by atoms with van der Waals surface area (Å²) in [7, 11) is 0. The summed E-state index contributed by atoms with van der Waals surface area (Å²) in [6.45, 7) is 0. The van der Waals surface area contributed by atoms with Crippen molar-refractivity contribution in [2.75, 3.05) is 0 Å². The second-order valence-electron chi connectivity index (χ2n) is 2.47. The van der Waals surface area contributed by atoms with Crippen LogP contribution in [0.5, 0.6) is 0 Å². The zero-order chi connectivity index (χ0) is 10.1. The molecule has 0 saturated carbocycles. The van der Waals surface area contributed by atoms with Crippen molar-refractivity contribution in [1.29, 1.82) is 0 Å². The standard InChI is InChI=1S/C7H3BrClN3O2/c8-14-7(13)4-1-3-5(9)10-2-11-6(3)12-4/h1-2H,(H,10,11,12). The normalized spacial score (nSPS) is 10.4. The number of rotatable bonds is 1. The van der Waals surface area contributed by atoms with E-state index in [4.69, 9.17) is 11.6 Å². The number of nitrogens with zero attached hydrogens (tertiary/aromatic N) is 2. The Hall–Kier alpha value is -1.14. The Morgan fingerprint density at radius 1 is 1.57 bits per heavy atom. The highest BCUT2D eigenvalue weighted by Gasteiger charge is 2.12. The van der Waals surface area contributed by atoms with Crippen molar-refractivity contribution < 1.29 is 8.62 Å². The van der Waals surface area contributed by atoms with E-state index >= 15 is 0 Å². The summed E-state index contributed by atoms with van der Waals surface area (Å²) < 4.78 is 4.36. The molecule has 0 aliphatic rings. The predicted octanol–water partition coefficient (Wildman–Crippen LogP) is 2.08. The third kappa shape index (κ3) is 1.46. The minimum absolute atomic E-state index is 0.263. The van der Waals surface area contributed by atoms with Crippen molar-refractivity contribution in [2.45, 2.75) is 0 Å². The number of hydrogen-bond acceptors (Lipinski definition) is 4. The van der Waals surface area contributed by atoms with Crippen LogP contribution in [0, 0.1) is 0 Å². The van der Waals surface area contributed by atoms with Crippen molar-refractivity contribution in [2.24, 2.45) is 0 Å². The van der Waals surface area contributed by atoms with Crippen LogP contribution in [-0.2, 0) is 3.83 Å². The maximum absolute atomic E-state index is 11.1. The topological polar surface area (TPSA) is 67.9 Å². The summed E-state index contributed by atoms with van der Waals surface area (Å²) >= 11 is 8.37. The zero-order valence-corrected chi connectivity index (χ0v) is 8.96. The fourth-order valence-electron chi connectivity index (χ4n) is 1.06. The first kappa shape index (κ1) is 9.42. The van der Waals surface area contributed by atoms with Crippen molar-refractivity contribution in [3.63, 3.8) is 0 Å².